The highest BCUT2D eigenvalue weighted by Gasteiger charge is 2.43. The molecule has 6 N–H and O–H groups in total. The van der Waals surface area contributed by atoms with E-state index < -0.39 is 37.3 Å². The summed E-state index contributed by atoms with van der Waals surface area (Å²) in [6, 6.07) is 0. The van der Waals surface area contributed by atoms with E-state index in [9.17, 15) is 15.3 Å². The highest BCUT2D eigenvalue weighted by molar-refractivity contribution is 5.77. The maximum Gasteiger partial charge on any atom is 0.179 e. The van der Waals surface area contributed by atoms with E-state index >= 15 is 0 Å². The van der Waals surface area contributed by atoms with Gasteiger partial charge in [0.15, 0.2) is 6.23 Å². The zero-order valence-electron chi connectivity index (χ0n) is 8.32. The first-order chi connectivity index (χ1) is 6.97. The molecule has 7 heteroatoms. The Balaban J connectivity index is 2.78. The quantitative estimate of drug-likeness (QED) is 0.252. The fourth-order valence-corrected chi connectivity index (χ4v) is 1.39. The van der Waals surface area contributed by atoms with Crippen LogP contribution in [-0.4, -0.2) is 63.5 Å². The number of nitrogens with two attached hydrogens (primary N) is 1. The van der Waals surface area contributed by atoms with Crippen molar-refractivity contribution in [2.45, 2.75) is 37.6 Å². The van der Waals surface area contributed by atoms with Gasteiger partial charge in [-0.1, -0.05) is 0 Å². The van der Waals surface area contributed by atoms with Crippen LogP contribution in [0.1, 0.15) is 6.92 Å². The zero-order chi connectivity index (χ0) is 11.6. The molecular formula is C8H16N2O5. The molecule has 0 amide bonds. The summed E-state index contributed by atoms with van der Waals surface area (Å²) in [7, 11) is 0. The summed E-state index contributed by atoms with van der Waals surface area (Å²) >= 11 is 0. The fraction of sp³-hybridized carbons (Fsp3) is 0.875. The molecule has 15 heavy (non-hydrogen) atoms. The van der Waals surface area contributed by atoms with E-state index in [0.29, 0.717) is 0 Å². The first-order valence-electron chi connectivity index (χ1n) is 4.57. The van der Waals surface area contributed by atoms with Crippen LogP contribution in [0.15, 0.2) is 4.99 Å². The minimum atomic E-state index is -1.41. The second-order valence-electron chi connectivity index (χ2n) is 3.49. The average molecular weight is 220 g/mol. The lowest BCUT2D eigenvalue weighted by Gasteiger charge is -2.38. The molecule has 0 saturated carbocycles. The highest BCUT2D eigenvalue weighted by Crippen LogP contribution is 2.21. The molecule has 88 valence electrons. The van der Waals surface area contributed by atoms with Crippen molar-refractivity contribution in [1.29, 1.82) is 0 Å². The molecule has 1 saturated heterocycles. The van der Waals surface area contributed by atoms with Gasteiger partial charge in [-0.2, -0.15) is 0 Å². The third-order valence-electron chi connectivity index (χ3n) is 2.20. The smallest absolute Gasteiger partial charge is 0.179 e. The van der Waals surface area contributed by atoms with Crippen molar-refractivity contribution in [3.63, 3.8) is 0 Å². The molecular weight excluding hydrogens is 204 g/mol. The van der Waals surface area contributed by atoms with Gasteiger partial charge < -0.3 is 30.9 Å². The van der Waals surface area contributed by atoms with E-state index in [4.69, 9.17) is 15.6 Å². The summed E-state index contributed by atoms with van der Waals surface area (Å²) in [5.74, 6) is 0.180. The number of aliphatic hydroxyl groups excluding tert-OH is 4. The molecule has 1 rings (SSSR count). The third-order valence-corrected chi connectivity index (χ3v) is 2.20. The van der Waals surface area contributed by atoms with Crippen LogP contribution in [0.4, 0.5) is 0 Å². The van der Waals surface area contributed by atoms with E-state index in [1.807, 2.05) is 0 Å². The summed E-state index contributed by atoms with van der Waals surface area (Å²) < 4.78 is 5.06. The number of hydrogen-bond acceptors (Lipinski definition) is 6. The van der Waals surface area contributed by atoms with Crippen LogP contribution in [0.2, 0.25) is 0 Å². The first kappa shape index (κ1) is 12.3. The summed E-state index contributed by atoms with van der Waals surface area (Å²) in [6.07, 6.45) is -6.15. The van der Waals surface area contributed by atoms with Gasteiger partial charge in [-0.25, -0.2) is 4.99 Å². The van der Waals surface area contributed by atoms with Crippen molar-refractivity contribution >= 4 is 5.84 Å². The second kappa shape index (κ2) is 4.86. The standard InChI is InChI=1S/C8H16N2O5/c1-3(9)10-8-7(14)6(13)5(12)4(2-11)15-8/h4-8,11-14H,2H2,1H3,(H2,9,10)/t4-,5-,6+,7-,8+/m1/s1. The molecule has 0 radical (unpaired) electrons. The van der Waals surface area contributed by atoms with Crippen LogP contribution < -0.4 is 5.73 Å². The van der Waals surface area contributed by atoms with Crippen LogP contribution in [-0.2, 0) is 4.74 Å². The average Bonchev–Trinajstić information content (AvgIpc) is 2.18. The lowest BCUT2D eigenvalue weighted by Crippen LogP contribution is -2.58. The number of aliphatic imine (C=N–C) groups is 1. The van der Waals surface area contributed by atoms with Crippen LogP contribution in [0.25, 0.3) is 0 Å². The Kier molecular flexibility index (Phi) is 4.00. The summed E-state index contributed by atoms with van der Waals surface area (Å²) in [6.45, 7) is 1.03. The molecule has 1 heterocycles. The molecule has 1 aliphatic heterocycles. The number of ether oxygens (including phenoxy) is 1. The van der Waals surface area contributed by atoms with Crippen molar-refractivity contribution in [2.24, 2.45) is 10.7 Å². The largest absolute Gasteiger partial charge is 0.394 e. The Morgan fingerprint density at radius 1 is 1.27 bits per heavy atom. The van der Waals surface area contributed by atoms with Crippen LogP contribution in [0, 0.1) is 0 Å². The predicted octanol–water partition coefficient (Wildman–Crippen LogP) is -2.84. The Hall–Kier alpha value is -0.730. The van der Waals surface area contributed by atoms with Crippen molar-refractivity contribution in [2.75, 3.05) is 6.61 Å². The lowest BCUT2D eigenvalue weighted by molar-refractivity contribution is -0.226. The third kappa shape index (κ3) is 2.64. The lowest BCUT2D eigenvalue weighted by atomic mass is 9.99. The Labute approximate surface area is 86.8 Å². The van der Waals surface area contributed by atoms with E-state index in [0.717, 1.165) is 0 Å². The SMILES string of the molecule is C/C(N)=N/[C@H]1O[C@H](CO)[C@@H](O)[C@H](O)[C@H]1O. The molecule has 0 bridgehead atoms. The summed E-state index contributed by atoms with van der Waals surface area (Å²) in [4.78, 5) is 3.74. The van der Waals surface area contributed by atoms with Gasteiger partial charge >= 0.3 is 0 Å². The maximum absolute atomic E-state index is 9.49. The van der Waals surface area contributed by atoms with Crippen molar-refractivity contribution in [3.8, 4) is 0 Å². The van der Waals surface area contributed by atoms with Gasteiger partial charge in [-0.3, -0.25) is 0 Å². The van der Waals surface area contributed by atoms with E-state index in [-0.39, 0.29) is 5.84 Å². The summed E-state index contributed by atoms with van der Waals surface area (Å²) in [5, 5.41) is 37.2. The number of nitrogens with zero attached hydrogens (tertiary/aromatic N) is 1. The van der Waals surface area contributed by atoms with Gasteiger partial charge in [0.05, 0.1) is 12.4 Å². The van der Waals surface area contributed by atoms with Gasteiger partial charge in [0, 0.05) is 0 Å². The molecule has 7 nitrogen and oxygen atoms in total. The Bertz CT molecular complexity index is 241. The van der Waals surface area contributed by atoms with Gasteiger partial charge in [0.25, 0.3) is 0 Å². The minimum absolute atomic E-state index is 0.180. The van der Waals surface area contributed by atoms with Gasteiger partial charge in [-0.05, 0) is 6.92 Å². The van der Waals surface area contributed by atoms with Crippen molar-refractivity contribution < 1.29 is 25.2 Å². The van der Waals surface area contributed by atoms with Crippen molar-refractivity contribution in [1.82, 2.24) is 0 Å². The predicted molar refractivity (Wildman–Crippen MR) is 51.1 cm³/mol. The highest BCUT2D eigenvalue weighted by atomic mass is 16.6. The van der Waals surface area contributed by atoms with E-state index in [1.54, 1.807) is 0 Å². The number of amidine groups is 1. The number of hydrogen-bond donors (Lipinski definition) is 5. The van der Waals surface area contributed by atoms with E-state index in [1.165, 1.54) is 6.92 Å². The molecule has 0 aromatic heterocycles. The summed E-state index contributed by atoms with van der Waals surface area (Å²) in [5.41, 5.74) is 5.30. The Morgan fingerprint density at radius 3 is 2.33 bits per heavy atom. The molecule has 0 aromatic carbocycles. The topological polar surface area (TPSA) is 129 Å². The van der Waals surface area contributed by atoms with Crippen LogP contribution >= 0.6 is 0 Å². The van der Waals surface area contributed by atoms with Gasteiger partial charge in [0.2, 0.25) is 0 Å². The molecule has 0 spiro atoms. The van der Waals surface area contributed by atoms with E-state index in [2.05, 4.69) is 4.99 Å². The van der Waals surface area contributed by atoms with Crippen LogP contribution in [0.3, 0.4) is 0 Å². The molecule has 1 fully saturated rings. The Morgan fingerprint density at radius 2 is 1.87 bits per heavy atom. The van der Waals surface area contributed by atoms with Crippen molar-refractivity contribution in [3.05, 3.63) is 0 Å². The van der Waals surface area contributed by atoms with Crippen LogP contribution in [0.5, 0.6) is 0 Å². The number of aliphatic hydroxyl groups is 4. The molecule has 1 aliphatic rings. The zero-order valence-corrected chi connectivity index (χ0v) is 8.32. The molecule has 0 aromatic rings. The first-order valence-corrected chi connectivity index (χ1v) is 4.57. The normalized spacial score (nSPS) is 43.0. The monoisotopic (exact) mass is 220 g/mol. The fourth-order valence-electron chi connectivity index (χ4n) is 1.39. The second-order valence-corrected chi connectivity index (χ2v) is 3.49. The van der Waals surface area contributed by atoms with Gasteiger partial charge in [0.1, 0.15) is 24.4 Å². The molecule has 0 unspecified atom stereocenters. The van der Waals surface area contributed by atoms with Gasteiger partial charge in [-0.15, -0.1) is 0 Å². The molecule has 5 atom stereocenters. The number of rotatable bonds is 2. The molecule has 0 aliphatic carbocycles. The minimum Gasteiger partial charge on any atom is -0.394 e. The maximum atomic E-state index is 9.49.